The lowest BCUT2D eigenvalue weighted by Gasteiger charge is -2.36. The minimum Gasteiger partial charge on any atom is -0.343 e. The molecular formula is C19H27N3O3. The second-order valence-electron chi connectivity index (χ2n) is 7.26. The molecule has 0 bridgehead atoms. The molecule has 3 rings (SSSR count). The highest BCUT2D eigenvalue weighted by Crippen LogP contribution is 2.23. The quantitative estimate of drug-likeness (QED) is 0.907. The number of H-pyrrole nitrogens is 1. The van der Waals surface area contributed by atoms with E-state index in [0.717, 1.165) is 49.9 Å². The fourth-order valence-corrected chi connectivity index (χ4v) is 4.08. The van der Waals surface area contributed by atoms with Gasteiger partial charge < -0.3 is 14.8 Å². The number of carbonyl (C=O) groups excluding carboxylic acids is 2. The largest absolute Gasteiger partial charge is 0.343 e. The van der Waals surface area contributed by atoms with Crippen LogP contribution in [0.5, 0.6) is 0 Å². The number of piperidine rings is 1. The molecule has 0 radical (unpaired) electrons. The third-order valence-corrected chi connectivity index (χ3v) is 5.37. The number of aryl methyl sites for hydroxylation is 2. The van der Waals surface area contributed by atoms with E-state index < -0.39 is 0 Å². The van der Waals surface area contributed by atoms with Crippen LogP contribution in [0.15, 0.2) is 10.9 Å². The first-order chi connectivity index (χ1) is 12.0. The minimum atomic E-state index is -0.304. The Labute approximate surface area is 148 Å². The van der Waals surface area contributed by atoms with E-state index in [-0.39, 0.29) is 29.0 Å². The molecule has 0 aliphatic carbocycles. The van der Waals surface area contributed by atoms with Gasteiger partial charge in [-0.3, -0.25) is 14.4 Å². The summed E-state index contributed by atoms with van der Waals surface area (Å²) >= 11 is 0. The van der Waals surface area contributed by atoms with Crippen LogP contribution in [0.2, 0.25) is 0 Å². The molecule has 6 heteroatoms. The number of likely N-dealkylation sites (tertiary alicyclic amines) is 2. The molecule has 1 N–H and O–H groups in total. The van der Waals surface area contributed by atoms with Gasteiger partial charge in [0.2, 0.25) is 5.91 Å². The second-order valence-corrected chi connectivity index (χ2v) is 7.26. The first-order valence-electron chi connectivity index (χ1n) is 9.26. The van der Waals surface area contributed by atoms with Gasteiger partial charge in [-0.15, -0.1) is 0 Å². The molecule has 1 unspecified atom stereocenters. The molecule has 25 heavy (non-hydrogen) atoms. The molecule has 1 atom stereocenters. The van der Waals surface area contributed by atoms with Gasteiger partial charge in [-0.25, -0.2) is 0 Å². The van der Waals surface area contributed by atoms with E-state index in [1.165, 1.54) is 0 Å². The van der Waals surface area contributed by atoms with E-state index in [4.69, 9.17) is 0 Å². The fourth-order valence-electron chi connectivity index (χ4n) is 4.08. The van der Waals surface area contributed by atoms with Crippen molar-refractivity contribution in [3.8, 4) is 0 Å². The average molecular weight is 345 g/mol. The van der Waals surface area contributed by atoms with Crippen molar-refractivity contribution in [3.05, 3.63) is 33.2 Å². The van der Waals surface area contributed by atoms with Gasteiger partial charge in [0.15, 0.2) is 0 Å². The molecule has 136 valence electrons. The molecule has 2 saturated heterocycles. The van der Waals surface area contributed by atoms with Crippen LogP contribution in [0, 0.1) is 13.8 Å². The lowest BCUT2D eigenvalue weighted by molar-refractivity contribution is -0.127. The molecular weight excluding hydrogens is 318 g/mol. The molecule has 2 fully saturated rings. The van der Waals surface area contributed by atoms with E-state index in [0.29, 0.717) is 19.5 Å². The number of nitrogens with zero attached hydrogens (tertiary/aromatic N) is 2. The predicted octanol–water partition coefficient (Wildman–Crippen LogP) is 2.00. The molecule has 0 spiro atoms. The highest BCUT2D eigenvalue weighted by molar-refractivity contribution is 5.95. The van der Waals surface area contributed by atoms with Crippen LogP contribution in [-0.2, 0) is 4.79 Å². The van der Waals surface area contributed by atoms with Crippen LogP contribution in [0.1, 0.15) is 60.1 Å². The number of pyridine rings is 1. The standard InChI is InChI=1S/C19H27N3O3/c1-13-12-14(2)20-18(24)17(13)19(25)22-10-4-3-6-15(22)8-11-21-9-5-7-16(21)23/h12,15H,3-11H2,1-2H3,(H,20,24). The Kier molecular flexibility index (Phi) is 5.25. The van der Waals surface area contributed by atoms with Gasteiger partial charge in [0.25, 0.3) is 11.5 Å². The van der Waals surface area contributed by atoms with Gasteiger partial charge in [0.05, 0.1) is 0 Å². The van der Waals surface area contributed by atoms with Crippen molar-refractivity contribution in [3.63, 3.8) is 0 Å². The van der Waals surface area contributed by atoms with Gasteiger partial charge in [-0.1, -0.05) is 0 Å². The Morgan fingerprint density at radius 1 is 1.20 bits per heavy atom. The van der Waals surface area contributed by atoms with E-state index in [9.17, 15) is 14.4 Å². The summed E-state index contributed by atoms with van der Waals surface area (Å²) < 4.78 is 0. The maximum Gasteiger partial charge on any atom is 0.261 e. The molecule has 0 aromatic carbocycles. The summed E-state index contributed by atoms with van der Waals surface area (Å²) in [5, 5.41) is 0. The monoisotopic (exact) mass is 345 g/mol. The molecule has 0 saturated carbocycles. The molecule has 2 aliphatic rings. The minimum absolute atomic E-state index is 0.106. The summed E-state index contributed by atoms with van der Waals surface area (Å²) in [4.78, 5) is 43.7. The molecule has 1 aromatic heterocycles. The van der Waals surface area contributed by atoms with Crippen LogP contribution < -0.4 is 5.56 Å². The number of hydrogen-bond acceptors (Lipinski definition) is 3. The lowest BCUT2D eigenvalue weighted by atomic mass is 9.97. The first kappa shape index (κ1) is 17.7. The topological polar surface area (TPSA) is 73.5 Å². The van der Waals surface area contributed by atoms with E-state index in [1.807, 2.05) is 29.7 Å². The Bertz CT molecular complexity index is 725. The predicted molar refractivity (Wildman–Crippen MR) is 95.6 cm³/mol. The van der Waals surface area contributed by atoms with Crippen LogP contribution in [0.25, 0.3) is 0 Å². The average Bonchev–Trinajstić information content (AvgIpc) is 2.97. The van der Waals surface area contributed by atoms with Crippen molar-refractivity contribution < 1.29 is 9.59 Å². The highest BCUT2D eigenvalue weighted by atomic mass is 16.2. The summed E-state index contributed by atoms with van der Waals surface area (Å²) in [5.41, 5.74) is 1.45. The highest BCUT2D eigenvalue weighted by Gasteiger charge is 2.31. The van der Waals surface area contributed by atoms with Crippen LogP contribution >= 0.6 is 0 Å². The smallest absolute Gasteiger partial charge is 0.261 e. The van der Waals surface area contributed by atoms with E-state index in [1.54, 1.807) is 0 Å². The number of amides is 2. The van der Waals surface area contributed by atoms with Crippen LogP contribution in [-0.4, -0.2) is 52.3 Å². The molecule has 1 aromatic rings. The SMILES string of the molecule is Cc1cc(C)c(C(=O)N2CCCCC2CCN2CCCC2=O)c(=O)[nH]1. The fraction of sp³-hybridized carbons (Fsp3) is 0.632. The molecule has 2 aliphatic heterocycles. The number of aromatic amines is 1. The van der Waals surface area contributed by atoms with Crippen molar-refractivity contribution in [1.82, 2.24) is 14.8 Å². The summed E-state index contributed by atoms with van der Waals surface area (Å²) in [6, 6.07) is 1.95. The Morgan fingerprint density at radius 2 is 2.00 bits per heavy atom. The number of rotatable bonds is 4. The van der Waals surface area contributed by atoms with Gasteiger partial charge in [0, 0.05) is 37.8 Å². The van der Waals surface area contributed by atoms with Crippen LogP contribution in [0.3, 0.4) is 0 Å². The normalized spacial score (nSPS) is 21.0. The van der Waals surface area contributed by atoms with Gasteiger partial charge in [-0.05, 0) is 57.6 Å². The van der Waals surface area contributed by atoms with Crippen molar-refractivity contribution >= 4 is 11.8 Å². The first-order valence-corrected chi connectivity index (χ1v) is 9.26. The van der Waals surface area contributed by atoms with Crippen molar-refractivity contribution in [2.75, 3.05) is 19.6 Å². The zero-order valence-electron chi connectivity index (χ0n) is 15.1. The summed E-state index contributed by atoms with van der Waals surface area (Å²) in [6.45, 7) is 5.85. The number of nitrogens with one attached hydrogen (secondary N) is 1. The van der Waals surface area contributed by atoms with E-state index in [2.05, 4.69) is 4.98 Å². The zero-order chi connectivity index (χ0) is 18.0. The Hall–Kier alpha value is -2.11. The second kappa shape index (κ2) is 7.42. The Morgan fingerprint density at radius 3 is 2.68 bits per heavy atom. The van der Waals surface area contributed by atoms with Crippen molar-refractivity contribution in [2.45, 2.75) is 58.4 Å². The summed E-state index contributed by atoms with van der Waals surface area (Å²) in [7, 11) is 0. The van der Waals surface area contributed by atoms with Crippen molar-refractivity contribution in [1.29, 1.82) is 0 Å². The third-order valence-electron chi connectivity index (χ3n) is 5.37. The maximum absolute atomic E-state index is 13.0. The van der Waals surface area contributed by atoms with Gasteiger partial charge >= 0.3 is 0 Å². The molecule has 2 amide bonds. The third kappa shape index (κ3) is 3.78. The zero-order valence-corrected chi connectivity index (χ0v) is 15.1. The molecule has 3 heterocycles. The maximum atomic E-state index is 13.0. The van der Waals surface area contributed by atoms with Crippen LogP contribution in [0.4, 0.5) is 0 Å². The van der Waals surface area contributed by atoms with E-state index >= 15 is 0 Å². The number of hydrogen-bond donors (Lipinski definition) is 1. The lowest BCUT2D eigenvalue weighted by Crippen LogP contribution is -2.47. The van der Waals surface area contributed by atoms with Gasteiger partial charge in [-0.2, -0.15) is 0 Å². The van der Waals surface area contributed by atoms with Gasteiger partial charge in [0.1, 0.15) is 5.56 Å². The summed E-state index contributed by atoms with van der Waals surface area (Å²) in [6.07, 6.45) is 5.37. The number of aromatic nitrogens is 1. The Balaban J connectivity index is 1.75. The van der Waals surface area contributed by atoms with Crippen molar-refractivity contribution in [2.24, 2.45) is 0 Å². The number of carbonyl (C=O) groups is 2. The summed E-state index contributed by atoms with van der Waals surface area (Å²) in [5.74, 6) is 0.0516. The molecule has 6 nitrogen and oxygen atoms in total.